The number of unbranched alkanes of at least 4 members (excludes halogenated alkanes) is 2. The molecule has 1 rings (SSSR count). The summed E-state index contributed by atoms with van der Waals surface area (Å²) in [6.07, 6.45) is 3.68. The summed E-state index contributed by atoms with van der Waals surface area (Å²) >= 11 is 3.41. The molecule has 0 radical (unpaired) electrons. The normalized spacial score (nSPS) is 24.6. The molecular formula is C11H21BrO3. The molecule has 1 atom stereocenters. The second kappa shape index (κ2) is 6.84. The molecule has 0 aromatic rings. The van der Waals surface area contributed by atoms with E-state index in [9.17, 15) is 0 Å². The average Bonchev–Trinajstić information content (AvgIpc) is 2.52. The first kappa shape index (κ1) is 13.4. The van der Waals surface area contributed by atoms with Crippen molar-refractivity contribution >= 4 is 15.9 Å². The standard InChI is InChI=1S/C11H21BrO3/c1-11(2)14-9-10(15-11)8-13-7-5-3-4-6-12/h10H,3-9H2,1-2H3/t10-/m1/s1. The van der Waals surface area contributed by atoms with Crippen LogP contribution in [0.15, 0.2) is 0 Å². The first-order valence-corrected chi connectivity index (χ1v) is 6.72. The Labute approximate surface area is 101 Å². The molecule has 0 aromatic carbocycles. The number of hydrogen-bond acceptors (Lipinski definition) is 3. The van der Waals surface area contributed by atoms with Crippen molar-refractivity contribution in [2.24, 2.45) is 0 Å². The van der Waals surface area contributed by atoms with E-state index in [0.717, 1.165) is 18.4 Å². The van der Waals surface area contributed by atoms with Gasteiger partial charge in [0.1, 0.15) is 6.10 Å². The van der Waals surface area contributed by atoms with Crippen LogP contribution in [-0.4, -0.2) is 37.0 Å². The molecule has 1 fully saturated rings. The largest absolute Gasteiger partial charge is 0.379 e. The van der Waals surface area contributed by atoms with E-state index in [1.807, 2.05) is 13.8 Å². The van der Waals surface area contributed by atoms with E-state index < -0.39 is 5.79 Å². The highest BCUT2D eigenvalue weighted by Gasteiger charge is 2.32. The van der Waals surface area contributed by atoms with Crippen molar-refractivity contribution in [2.45, 2.75) is 45.0 Å². The molecule has 0 aromatic heterocycles. The Morgan fingerprint density at radius 1 is 1.33 bits per heavy atom. The summed E-state index contributed by atoms with van der Waals surface area (Å²) in [7, 11) is 0. The number of ether oxygens (including phenoxy) is 3. The maximum absolute atomic E-state index is 5.62. The fraction of sp³-hybridized carbons (Fsp3) is 1.00. The van der Waals surface area contributed by atoms with Crippen LogP contribution in [-0.2, 0) is 14.2 Å². The predicted molar refractivity (Wildman–Crippen MR) is 63.4 cm³/mol. The Kier molecular flexibility index (Phi) is 6.12. The van der Waals surface area contributed by atoms with Gasteiger partial charge < -0.3 is 14.2 Å². The molecule has 0 aliphatic carbocycles. The third-order valence-corrected chi connectivity index (χ3v) is 2.85. The highest BCUT2D eigenvalue weighted by atomic mass is 79.9. The lowest BCUT2D eigenvalue weighted by Gasteiger charge is -2.17. The summed E-state index contributed by atoms with van der Waals surface area (Å²) in [6, 6.07) is 0. The van der Waals surface area contributed by atoms with Crippen molar-refractivity contribution in [3.8, 4) is 0 Å². The molecule has 0 unspecified atom stereocenters. The van der Waals surface area contributed by atoms with Crippen LogP contribution in [0.4, 0.5) is 0 Å². The van der Waals surface area contributed by atoms with Gasteiger partial charge in [-0.05, 0) is 26.7 Å². The van der Waals surface area contributed by atoms with E-state index in [1.54, 1.807) is 0 Å². The summed E-state index contributed by atoms with van der Waals surface area (Å²) in [4.78, 5) is 0. The van der Waals surface area contributed by atoms with Gasteiger partial charge in [-0.1, -0.05) is 22.4 Å². The van der Waals surface area contributed by atoms with Gasteiger partial charge in [0, 0.05) is 11.9 Å². The minimum Gasteiger partial charge on any atom is -0.379 e. The van der Waals surface area contributed by atoms with Crippen molar-refractivity contribution in [3.05, 3.63) is 0 Å². The van der Waals surface area contributed by atoms with Gasteiger partial charge >= 0.3 is 0 Å². The van der Waals surface area contributed by atoms with Gasteiger partial charge in [-0.15, -0.1) is 0 Å². The van der Waals surface area contributed by atoms with E-state index >= 15 is 0 Å². The fourth-order valence-electron chi connectivity index (χ4n) is 1.54. The van der Waals surface area contributed by atoms with Gasteiger partial charge in [-0.25, -0.2) is 0 Å². The van der Waals surface area contributed by atoms with Crippen LogP contribution in [0.5, 0.6) is 0 Å². The summed E-state index contributed by atoms with van der Waals surface area (Å²) in [5.41, 5.74) is 0. The Morgan fingerprint density at radius 2 is 2.13 bits per heavy atom. The van der Waals surface area contributed by atoms with Gasteiger partial charge in [-0.2, -0.15) is 0 Å². The predicted octanol–water partition coefficient (Wildman–Crippen LogP) is 2.72. The molecule has 1 aliphatic heterocycles. The minimum absolute atomic E-state index is 0.108. The van der Waals surface area contributed by atoms with Crippen molar-refractivity contribution in [3.63, 3.8) is 0 Å². The maximum Gasteiger partial charge on any atom is 0.163 e. The van der Waals surface area contributed by atoms with E-state index in [1.165, 1.54) is 12.8 Å². The quantitative estimate of drug-likeness (QED) is 0.530. The van der Waals surface area contributed by atoms with Gasteiger partial charge in [0.25, 0.3) is 0 Å². The third kappa shape index (κ3) is 5.85. The molecule has 0 bridgehead atoms. The van der Waals surface area contributed by atoms with E-state index in [0.29, 0.717) is 13.2 Å². The first-order valence-electron chi connectivity index (χ1n) is 5.59. The van der Waals surface area contributed by atoms with Crippen molar-refractivity contribution in [1.82, 2.24) is 0 Å². The minimum atomic E-state index is -0.427. The van der Waals surface area contributed by atoms with Crippen molar-refractivity contribution in [2.75, 3.05) is 25.2 Å². The molecule has 1 heterocycles. The SMILES string of the molecule is CC1(C)OC[C@@H](COCCCCCBr)O1. The summed E-state index contributed by atoms with van der Waals surface area (Å²) in [6.45, 7) is 5.99. The van der Waals surface area contributed by atoms with E-state index in [-0.39, 0.29) is 6.10 Å². The highest BCUT2D eigenvalue weighted by Crippen LogP contribution is 2.22. The maximum atomic E-state index is 5.62. The molecule has 15 heavy (non-hydrogen) atoms. The number of alkyl halides is 1. The molecule has 0 amide bonds. The lowest BCUT2D eigenvalue weighted by molar-refractivity contribution is -0.145. The zero-order chi connectivity index (χ0) is 11.1. The monoisotopic (exact) mass is 280 g/mol. The molecule has 4 heteroatoms. The van der Waals surface area contributed by atoms with Gasteiger partial charge in [0.15, 0.2) is 5.79 Å². The number of hydrogen-bond donors (Lipinski definition) is 0. The Bertz CT molecular complexity index is 173. The Hall–Kier alpha value is 0.360. The zero-order valence-electron chi connectivity index (χ0n) is 9.63. The molecule has 0 saturated carbocycles. The van der Waals surface area contributed by atoms with Crippen LogP contribution in [0.25, 0.3) is 0 Å². The molecule has 1 aliphatic rings. The summed E-state index contributed by atoms with van der Waals surface area (Å²) in [5, 5.41) is 1.08. The second-order valence-corrected chi connectivity index (χ2v) is 5.07. The van der Waals surface area contributed by atoms with Crippen LogP contribution in [0.2, 0.25) is 0 Å². The van der Waals surface area contributed by atoms with Crippen molar-refractivity contribution in [1.29, 1.82) is 0 Å². The summed E-state index contributed by atoms with van der Waals surface area (Å²) < 4.78 is 16.6. The highest BCUT2D eigenvalue weighted by molar-refractivity contribution is 9.09. The van der Waals surface area contributed by atoms with Gasteiger partial charge in [-0.3, -0.25) is 0 Å². The number of rotatable bonds is 7. The van der Waals surface area contributed by atoms with E-state index in [2.05, 4.69) is 15.9 Å². The Balaban J connectivity index is 1.93. The van der Waals surface area contributed by atoms with Crippen LogP contribution in [0.3, 0.4) is 0 Å². The lowest BCUT2D eigenvalue weighted by Crippen LogP contribution is -2.24. The lowest BCUT2D eigenvalue weighted by atomic mass is 10.3. The topological polar surface area (TPSA) is 27.7 Å². The van der Waals surface area contributed by atoms with Gasteiger partial charge in [0.2, 0.25) is 0 Å². The summed E-state index contributed by atoms with van der Waals surface area (Å²) in [5.74, 6) is -0.427. The smallest absolute Gasteiger partial charge is 0.163 e. The molecule has 3 nitrogen and oxygen atoms in total. The molecule has 1 saturated heterocycles. The van der Waals surface area contributed by atoms with Crippen LogP contribution < -0.4 is 0 Å². The molecular weight excluding hydrogens is 260 g/mol. The fourth-order valence-corrected chi connectivity index (χ4v) is 1.93. The average molecular weight is 281 g/mol. The zero-order valence-corrected chi connectivity index (χ0v) is 11.2. The molecule has 90 valence electrons. The third-order valence-electron chi connectivity index (χ3n) is 2.29. The molecule has 0 spiro atoms. The van der Waals surface area contributed by atoms with Gasteiger partial charge in [0.05, 0.1) is 13.2 Å². The van der Waals surface area contributed by atoms with E-state index in [4.69, 9.17) is 14.2 Å². The first-order chi connectivity index (χ1) is 7.14. The molecule has 0 N–H and O–H groups in total. The van der Waals surface area contributed by atoms with Crippen LogP contribution >= 0.6 is 15.9 Å². The second-order valence-electron chi connectivity index (χ2n) is 4.28. The van der Waals surface area contributed by atoms with Crippen LogP contribution in [0, 0.1) is 0 Å². The van der Waals surface area contributed by atoms with Crippen molar-refractivity contribution < 1.29 is 14.2 Å². The number of halogens is 1. The Morgan fingerprint density at radius 3 is 2.73 bits per heavy atom. The van der Waals surface area contributed by atoms with Crippen LogP contribution in [0.1, 0.15) is 33.1 Å².